The lowest BCUT2D eigenvalue weighted by atomic mass is 10.0. The molecule has 0 spiro atoms. The molecule has 0 aliphatic heterocycles. The maximum atomic E-state index is 12.0. The number of benzene rings is 1. The van der Waals surface area contributed by atoms with Gasteiger partial charge >= 0.3 is 0 Å². The molecular formula is C12H15BrN2O2S. The number of nitrogens with two attached hydrogens (primary N) is 1. The summed E-state index contributed by atoms with van der Waals surface area (Å²) in [5, 5.41) is 12.4. The minimum absolute atomic E-state index is 0.0823. The number of phenols is 1. The van der Waals surface area contributed by atoms with E-state index < -0.39 is 11.9 Å². The summed E-state index contributed by atoms with van der Waals surface area (Å²) in [6.07, 6.45) is 0. The highest BCUT2D eigenvalue weighted by atomic mass is 79.9. The smallest absolute Gasteiger partial charge is 0.255 e. The summed E-state index contributed by atoms with van der Waals surface area (Å²) in [7, 11) is 0. The third-order valence-corrected chi connectivity index (χ3v) is 3.21. The monoisotopic (exact) mass is 330 g/mol. The van der Waals surface area contributed by atoms with E-state index in [1.54, 1.807) is 12.1 Å². The second-order valence-electron chi connectivity index (χ2n) is 4.26. The number of thiocarbonyl (C=S) groups is 1. The first-order chi connectivity index (χ1) is 8.32. The van der Waals surface area contributed by atoms with Gasteiger partial charge < -0.3 is 16.2 Å². The second-order valence-corrected chi connectivity index (χ2v) is 5.65. The van der Waals surface area contributed by atoms with Crippen LogP contribution in [0.5, 0.6) is 5.75 Å². The normalized spacial score (nSPS) is 12.2. The topological polar surface area (TPSA) is 75.3 Å². The Morgan fingerprint density at radius 3 is 2.61 bits per heavy atom. The Bertz CT molecular complexity index is 477. The third-order valence-electron chi connectivity index (χ3n) is 2.46. The predicted molar refractivity (Wildman–Crippen MR) is 78.7 cm³/mol. The van der Waals surface area contributed by atoms with Gasteiger partial charge in [0.15, 0.2) is 0 Å². The summed E-state index contributed by atoms with van der Waals surface area (Å²) < 4.78 is 0.710. The number of carbonyl (C=O) groups is 1. The quantitative estimate of drug-likeness (QED) is 0.740. The van der Waals surface area contributed by atoms with E-state index in [-0.39, 0.29) is 22.2 Å². The van der Waals surface area contributed by atoms with Gasteiger partial charge in [-0.1, -0.05) is 42.0 Å². The molecule has 98 valence electrons. The first-order valence-electron chi connectivity index (χ1n) is 5.41. The molecule has 0 saturated carbocycles. The van der Waals surface area contributed by atoms with Crippen LogP contribution in [-0.2, 0) is 0 Å². The number of nitrogens with one attached hydrogen (secondary N) is 1. The zero-order valence-corrected chi connectivity index (χ0v) is 12.5. The van der Waals surface area contributed by atoms with Gasteiger partial charge in [-0.3, -0.25) is 4.79 Å². The molecule has 1 amide bonds. The van der Waals surface area contributed by atoms with Crippen LogP contribution in [0.2, 0.25) is 0 Å². The number of rotatable bonds is 4. The van der Waals surface area contributed by atoms with E-state index in [9.17, 15) is 9.90 Å². The lowest BCUT2D eigenvalue weighted by Gasteiger charge is -2.21. The fourth-order valence-corrected chi connectivity index (χ4v) is 2.17. The Balaban J connectivity index is 2.94. The highest BCUT2D eigenvalue weighted by molar-refractivity contribution is 9.10. The van der Waals surface area contributed by atoms with Crippen molar-refractivity contribution in [1.29, 1.82) is 0 Å². The standard InChI is InChI=1S/C12H15BrN2O2S/c1-6(2)10(11(14)18)15-12(17)8-5-7(13)3-4-9(8)16/h3-6,10,16H,1-2H3,(H2,14,18)(H,15,17). The summed E-state index contributed by atoms with van der Waals surface area (Å²) in [6.45, 7) is 3.82. The molecule has 0 radical (unpaired) electrons. The van der Waals surface area contributed by atoms with Gasteiger partial charge in [-0.2, -0.15) is 0 Å². The molecule has 0 fully saturated rings. The number of halogens is 1. The van der Waals surface area contributed by atoms with Gasteiger partial charge in [0.1, 0.15) is 5.75 Å². The van der Waals surface area contributed by atoms with Crippen LogP contribution in [0.1, 0.15) is 24.2 Å². The number of hydrogen-bond donors (Lipinski definition) is 3. The van der Waals surface area contributed by atoms with Crippen molar-refractivity contribution >= 4 is 39.0 Å². The van der Waals surface area contributed by atoms with Crippen molar-refractivity contribution in [2.75, 3.05) is 0 Å². The SMILES string of the molecule is CC(C)C(NC(=O)c1cc(Br)ccc1O)C(N)=S. The fourth-order valence-electron chi connectivity index (χ4n) is 1.48. The molecule has 0 aliphatic rings. The van der Waals surface area contributed by atoms with Crippen molar-refractivity contribution in [1.82, 2.24) is 5.32 Å². The Morgan fingerprint density at radius 2 is 2.11 bits per heavy atom. The molecule has 0 saturated heterocycles. The molecule has 1 rings (SSSR count). The van der Waals surface area contributed by atoms with E-state index in [1.165, 1.54) is 6.07 Å². The molecule has 1 aromatic carbocycles. The molecule has 0 aromatic heterocycles. The molecule has 1 atom stereocenters. The van der Waals surface area contributed by atoms with Crippen molar-refractivity contribution < 1.29 is 9.90 Å². The van der Waals surface area contributed by atoms with E-state index in [2.05, 4.69) is 21.2 Å². The van der Waals surface area contributed by atoms with E-state index >= 15 is 0 Å². The predicted octanol–water partition coefficient (Wildman–Crippen LogP) is 2.20. The zero-order chi connectivity index (χ0) is 13.9. The zero-order valence-electron chi connectivity index (χ0n) is 10.1. The van der Waals surface area contributed by atoms with E-state index in [4.69, 9.17) is 18.0 Å². The first-order valence-corrected chi connectivity index (χ1v) is 6.61. The van der Waals surface area contributed by atoms with E-state index in [0.29, 0.717) is 4.47 Å². The van der Waals surface area contributed by atoms with Crippen molar-refractivity contribution in [3.63, 3.8) is 0 Å². The Kier molecular flexibility index (Phi) is 5.10. The molecule has 6 heteroatoms. The maximum Gasteiger partial charge on any atom is 0.255 e. The van der Waals surface area contributed by atoms with Gasteiger partial charge in [0.2, 0.25) is 0 Å². The lowest BCUT2D eigenvalue weighted by molar-refractivity contribution is 0.0937. The summed E-state index contributed by atoms with van der Waals surface area (Å²) >= 11 is 8.16. The maximum absolute atomic E-state index is 12.0. The summed E-state index contributed by atoms with van der Waals surface area (Å²) in [4.78, 5) is 12.3. The fraction of sp³-hybridized carbons (Fsp3) is 0.333. The van der Waals surface area contributed by atoms with E-state index in [0.717, 1.165) is 0 Å². The van der Waals surface area contributed by atoms with Gasteiger partial charge in [0.25, 0.3) is 5.91 Å². The molecule has 0 bridgehead atoms. The van der Waals surface area contributed by atoms with Crippen LogP contribution in [0.25, 0.3) is 0 Å². The summed E-state index contributed by atoms with van der Waals surface area (Å²) in [5.41, 5.74) is 5.76. The Morgan fingerprint density at radius 1 is 1.50 bits per heavy atom. The molecule has 1 aromatic rings. The van der Waals surface area contributed by atoms with Crippen molar-refractivity contribution in [2.45, 2.75) is 19.9 Å². The van der Waals surface area contributed by atoms with Crippen molar-refractivity contribution in [3.05, 3.63) is 28.2 Å². The molecule has 0 heterocycles. The van der Waals surface area contributed by atoms with Gasteiger partial charge in [0, 0.05) is 4.47 Å². The average molecular weight is 331 g/mol. The van der Waals surface area contributed by atoms with Crippen LogP contribution >= 0.6 is 28.1 Å². The van der Waals surface area contributed by atoms with Crippen LogP contribution < -0.4 is 11.1 Å². The highest BCUT2D eigenvalue weighted by Gasteiger charge is 2.21. The first kappa shape index (κ1) is 14.9. The van der Waals surface area contributed by atoms with Crippen LogP contribution in [0, 0.1) is 5.92 Å². The number of carbonyl (C=O) groups excluding carboxylic acids is 1. The average Bonchev–Trinajstić information content (AvgIpc) is 2.28. The van der Waals surface area contributed by atoms with Crippen LogP contribution in [0.3, 0.4) is 0 Å². The van der Waals surface area contributed by atoms with Crippen molar-refractivity contribution in [2.24, 2.45) is 11.7 Å². The summed E-state index contributed by atoms with van der Waals surface area (Å²) in [6, 6.07) is 4.25. The molecule has 4 N–H and O–H groups in total. The number of aromatic hydroxyl groups is 1. The number of phenolic OH excluding ortho intramolecular Hbond substituents is 1. The van der Waals surface area contributed by atoms with Gasteiger partial charge in [-0.25, -0.2) is 0 Å². The molecular weight excluding hydrogens is 316 g/mol. The van der Waals surface area contributed by atoms with Gasteiger partial charge in [-0.05, 0) is 24.1 Å². The van der Waals surface area contributed by atoms with E-state index in [1.807, 2.05) is 13.8 Å². The lowest BCUT2D eigenvalue weighted by Crippen LogP contribution is -2.46. The van der Waals surface area contributed by atoms with Gasteiger partial charge in [0.05, 0.1) is 16.6 Å². The highest BCUT2D eigenvalue weighted by Crippen LogP contribution is 2.22. The molecule has 0 aliphatic carbocycles. The Labute approximate surface area is 120 Å². The number of hydrogen-bond acceptors (Lipinski definition) is 3. The second kappa shape index (κ2) is 6.15. The van der Waals surface area contributed by atoms with Crippen molar-refractivity contribution in [3.8, 4) is 5.75 Å². The van der Waals surface area contributed by atoms with Crippen LogP contribution in [0.15, 0.2) is 22.7 Å². The molecule has 4 nitrogen and oxygen atoms in total. The number of amides is 1. The summed E-state index contributed by atoms with van der Waals surface area (Å²) in [5.74, 6) is -0.401. The Hall–Kier alpha value is -1.14. The molecule has 1 unspecified atom stereocenters. The largest absolute Gasteiger partial charge is 0.507 e. The molecule has 18 heavy (non-hydrogen) atoms. The minimum atomic E-state index is -0.402. The van der Waals surface area contributed by atoms with Crippen LogP contribution in [-0.4, -0.2) is 22.0 Å². The van der Waals surface area contributed by atoms with Crippen LogP contribution in [0.4, 0.5) is 0 Å². The minimum Gasteiger partial charge on any atom is -0.507 e. The third kappa shape index (κ3) is 3.68. The van der Waals surface area contributed by atoms with Gasteiger partial charge in [-0.15, -0.1) is 0 Å².